The number of fused-ring (bicyclic) bond motifs is 1. The highest BCUT2D eigenvalue weighted by Gasteiger charge is 2.48. The summed E-state index contributed by atoms with van der Waals surface area (Å²) < 4.78 is 14.4. The van der Waals surface area contributed by atoms with Crippen molar-refractivity contribution in [1.29, 1.82) is 0 Å². The molecule has 2 aliphatic heterocycles. The van der Waals surface area contributed by atoms with Crippen molar-refractivity contribution in [2.75, 3.05) is 19.6 Å². The van der Waals surface area contributed by atoms with Crippen LogP contribution in [0.25, 0.3) is 0 Å². The molecule has 2 aliphatic rings. The number of rotatable bonds is 5. The number of amides is 3. The Balaban J connectivity index is 1.65. The van der Waals surface area contributed by atoms with Crippen molar-refractivity contribution in [3.05, 3.63) is 62.3 Å². The highest BCUT2D eigenvalue weighted by molar-refractivity contribution is 9.11. The molecule has 0 saturated carbocycles. The van der Waals surface area contributed by atoms with E-state index in [4.69, 9.17) is 0 Å². The van der Waals surface area contributed by atoms with Gasteiger partial charge >= 0.3 is 6.09 Å². The second-order valence-corrected chi connectivity index (χ2v) is 10.0. The van der Waals surface area contributed by atoms with Crippen LogP contribution < -0.4 is 0 Å². The third kappa shape index (κ3) is 4.90. The Hall–Kier alpha value is -2.66. The Morgan fingerprint density at radius 2 is 1.82 bits per heavy atom. The minimum Gasteiger partial charge on any atom is -0.506 e. The summed E-state index contributed by atoms with van der Waals surface area (Å²) in [5.74, 6) is -0.930. The van der Waals surface area contributed by atoms with Crippen LogP contribution in [-0.4, -0.2) is 74.7 Å². The maximum atomic E-state index is 13.6. The molecule has 180 valence electrons. The number of benzene rings is 2. The van der Waals surface area contributed by atoms with E-state index in [1.165, 1.54) is 21.9 Å². The summed E-state index contributed by atoms with van der Waals surface area (Å²) in [5, 5.41) is 19.8. The van der Waals surface area contributed by atoms with E-state index >= 15 is 0 Å². The highest BCUT2D eigenvalue weighted by atomic mass is 79.9. The standard InChI is InChI=1S/C23H22Br2FN3O5/c24-16-9-14(10-17(25)21(16)31)11-18-22(32)27(6-4-13-2-1-3-15(26)8-13)12-19-28(23(33)34)7-5-20(30)29(18)19/h1-3,8-10,18-19,31H,4-7,11-12H2,(H,33,34)/t18-,19+/m0/s1. The molecule has 2 fully saturated rings. The molecule has 0 bridgehead atoms. The summed E-state index contributed by atoms with van der Waals surface area (Å²) in [6.07, 6.45) is -1.43. The highest BCUT2D eigenvalue weighted by Crippen LogP contribution is 2.35. The van der Waals surface area contributed by atoms with E-state index in [9.17, 15) is 29.0 Å². The molecule has 0 radical (unpaired) electrons. The Labute approximate surface area is 212 Å². The van der Waals surface area contributed by atoms with E-state index in [0.717, 1.165) is 0 Å². The van der Waals surface area contributed by atoms with Crippen molar-refractivity contribution in [2.24, 2.45) is 0 Å². The average molecular weight is 599 g/mol. The van der Waals surface area contributed by atoms with Crippen molar-refractivity contribution in [1.82, 2.24) is 14.7 Å². The lowest BCUT2D eigenvalue weighted by molar-refractivity contribution is -0.167. The summed E-state index contributed by atoms with van der Waals surface area (Å²) in [7, 11) is 0. The van der Waals surface area contributed by atoms with Crippen LogP contribution in [0.2, 0.25) is 0 Å². The van der Waals surface area contributed by atoms with Crippen molar-refractivity contribution in [3.63, 3.8) is 0 Å². The third-order valence-corrected chi connectivity index (χ3v) is 7.37. The van der Waals surface area contributed by atoms with E-state index in [1.54, 1.807) is 29.2 Å². The maximum Gasteiger partial charge on any atom is 0.409 e. The molecule has 0 aliphatic carbocycles. The Bertz CT molecular complexity index is 1120. The second kappa shape index (κ2) is 9.91. The van der Waals surface area contributed by atoms with Gasteiger partial charge in [0.25, 0.3) is 0 Å². The first-order chi connectivity index (χ1) is 16.2. The molecular weight excluding hydrogens is 577 g/mol. The molecule has 2 atom stereocenters. The average Bonchev–Trinajstić information content (AvgIpc) is 2.78. The van der Waals surface area contributed by atoms with E-state index in [1.807, 2.05) is 0 Å². The van der Waals surface area contributed by atoms with E-state index < -0.39 is 18.3 Å². The predicted octanol–water partition coefficient (Wildman–Crippen LogP) is 3.59. The van der Waals surface area contributed by atoms with Gasteiger partial charge < -0.3 is 20.0 Å². The van der Waals surface area contributed by atoms with Gasteiger partial charge in [-0.05, 0) is 73.7 Å². The summed E-state index contributed by atoms with van der Waals surface area (Å²) in [4.78, 5) is 42.5. The van der Waals surface area contributed by atoms with Crippen LogP contribution in [-0.2, 0) is 22.4 Å². The van der Waals surface area contributed by atoms with Crippen LogP contribution in [0.3, 0.4) is 0 Å². The quantitative estimate of drug-likeness (QED) is 0.548. The number of phenols is 1. The zero-order valence-electron chi connectivity index (χ0n) is 18.0. The number of hydrogen-bond acceptors (Lipinski definition) is 4. The number of piperazine rings is 1. The fraction of sp³-hybridized carbons (Fsp3) is 0.348. The SMILES string of the molecule is O=C1[C@H](Cc2cc(Br)c(O)c(Br)c2)N2C(=O)CCN(C(=O)O)[C@H]2CN1CCc1cccc(F)c1. The van der Waals surface area contributed by atoms with Crippen LogP contribution in [0, 0.1) is 5.82 Å². The predicted molar refractivity (Wildman–Crippen MR) is 128 cm³/mol. The summed E-state index contributed by atoms with van der Waals surface area (Å²) in [6.45, 7) is 0.365. The first kappa shape index (κ1) is 24.5. The second-order valence-electron chi connectivity index (χ2n) is 8.30. The largest absolute Gasteiger partial charge is 0.506 e. The van der Waals surface area contributed by atoms with Crippen LogP contribution >= 0.6 is 31.9 Å². The molecule has 2 heterocycles. The molecule has 0 spiro atoms. The van der Waals surface area contributed by atoms with Gasteiger partial charge in [0.1, 0.15) is 23.8 Å². The van der Waals surface area contributed by atoms with Crippen LogP contribution in [0.15, 0.2) is 45.3 Å². The Morgan fingerprint density at radius 1 is 1.12 bits per heavy atom. The normalized spacial score (nSPS) is 20.5. The summed E-state index contributed by atoms with van der Waals surface area (Å²) in [5.41, 5.74) is 1.40. The van der Waals surface area contributed by atoms with Crippen molar-refractivity contribution in [2.45, 2.75) is 31.5 Å². The molecule has 4 rings (SSSR count). The van der Waals surface area contributed by atoms with Gasteiger partial charge in [-0.3, -0.25) is 14.5 Å². The molecule has 8 nitrogen and oxygen atoms in total. The Kier molecular flexibility index (Phi) is 7.13. The molecule has 0 unspecified atom stereocenters. The number of carbonyl (C=O) groups excluding carboxylic acids is 2. The van der Waals surface area contributed by atoms with E-state index in [0.29, 0.717) is 26.5 Å². The molecule has 34 heavy (non-hydrogen) atoms. The van der Waals surface area contributed by atoms with E-state index in [-0.39, 0.29) is 55.9 Å². The van der Waals surface area contributed by atoms with Gasteiger partial charge in [-0.1, -0.05) is 12.1 Å². The zero-order valence-corrected chi connectivity index (χ0v) is 21.1. The van der Waals surface area contributed by atoms with Crippen molar-refractivity contribution < 1.29 is 29.0 Å². The summed E-state index contributed by atoms with van der Waals surface area (Å²) in [6, 6.07) is 8.52. The van der Waals surface area contributed by atoms with Gasteiger partial charge in [0.2, 0.25) is 11.8 Å². The number of hydrogen-bond donors (Lipinski definition) is 2. The maximum absolute atomic E-state index is 13.6. The summed E-state index contributed by atoms with van der Waals surface area (Å²) >= 11 is 6.56. The van der Waals surface area contributed by atoms with Gasteiger partial charge in [0.15, 0.2) is 0 Å². The molecule has 2 saturated heterocycles. The Morgan fingerprint density at radius 3 is 2.47 bits per heavy atom. The number of nitrogens with zero attached hydrogens (tertiary/aromatic N) is 3. The van der Waals surface area contributed by atoms with Crippen LogP contribution in [0.1, 0.15) is 17.5 Å². The molecular formula is C23H22Br2FN3O5. The lowest BCUT2D eigenvalue weighted by Crippen LogP contribution is -2.71. The number of halogens is 3. The molecule has 0 aromatic heterocycles. The third-order valence-electron chi connectivity index (χ3n) is 6.16. The topological polar surface area (TPSA) is 101 Å². The van der Waals surface area contributed by atoms with Crippen molar-refractivity contribution in [3.8, 4) is 5.75 Å². The fourth-order valence-corrected chi connectivity index (χ4v) is 5.80. The van der Waals surface area contributed by atoms with Gasteiger partial charge in [-0.15, -0.1) is 0 Å². The molecule has 2 aromatic rings. The lowest BCUT2D eigenvalue weighted by atomic mass is 9.97. The first-order valence-corrected chi connectivity index (χ1v) is 12.2. The number of aromatic hydroxyl groups is 1. The minimum absolute atomic E-state index is 0.00115. The monoisotopic (exact) mass is 597 g/mol. The van der Waals surface area contributed by atoms with Gasteiger partial charge in [0, 0.05) is 25.9 Å². The van der Waals surface area contributed by atoms with Crippen molar-refractivity contribution >= 4 is 49.8 Å². The van der Waals surface area contributed by atoms with Gasteiger partial charge in [0.05, 0.1) is 15.5 Å². The molecule has 2 aromatic carbocycles. The number of carboxylic acid groups (broad SMARTS) is 1. The van der Waals surface area contributed by atoms with Gasteiger partial charge in [-0.2, -0.15) is 0 Å². The fourth-order valence-electron chi connectivity index (χ4n) is 4.52. The lowest BCUT2D eigenvalue weighted by Gasteiger charge is -2.51. The first-order valence-electron chi connectivity index (χ1n) is 10.7. The number of phenolic OH excluding ortho intramolecular Hbond substituents is 1. The minimum atomic E-state index is -1.16. The molecule has 11 heteroatoms. The number of carbonyl (C=O) groups is 3. The molecule has 3 amide bonds. The van der Waals surface area contributed by atoms with E-state index in [2.05, 4.69) is 31.9 Å². The molecule has 2 N–H and O–H groups in total. The smallest absolute Gasteiger partial charge is 0.409 e. The van der Waals surface area contributed by atoms with Crippen LogP contribution in [0.4, 0.5) is 9.18 Å². The zero-order chi connectivity index (χ0) is 24.6. The van der Waals surface area contributed by atoms with Crippen LogP contribution in [0.5, 0.6) is 5.75 Å². The van der Waals surface area contributed by atoms with Gasteiger partial charge in [-0.25, -0.2) is 9.18 Å².